The zero-order chi connectivity index (χ0) is 22.1. The molecular formula is C23H35NO4SSi. The molecule has 0 unspecified atom stereocenters. The lowest BCUT2D eigenvalue weighted by molar-refractivity contribution is -0.122. The number of benzene rings is 1. The van der Waals surface area contributed by atoms with Gasteiger partial charge in [0.15, 0.2) is 9.84 Å². The summed E-state index contributed by atoms with van der Waals surface area (Å²) in [7, 11) is -3.06. The number of nitrogens with zero attached hydrogens (tertiary/aromatic N) is 1. The second-order valence-corrected chi connectivity index (χ2v) is 19.0. The van der Waals surface area contributed by atoms with Gasteiger partial charge in [-0.3, -0.25) is 4.79 Å². The highest BCUT2D eigenvalue weighted by molar-refractivity contribution is 7.91. The van der Waals surface area contributed by atoms with Crippen molar-refractivity contribution in [1.82, 2.24) is 0 Å². The van der Waals surface area contributed by atoms with Crippen LogP contribution in [0.3, 0.4) is 0 Å². The lowest BCUT2D eigenvalue weighted by Gasteiger charge is -2.28. The van der Waals surface area contributed by atoms with Gasteiger partial charge in [0.05, 0.1) is 22.9 Å². The molecule has 3 atom stereocenters. The summed E-state index contributed by atoms with van der Waals surface area (Å²) in [6.07, 6.45) is 2.48. The Labute approximate surface area is 182 Å². The molecule has 3 aliphatic rings. The van der Waals surface area contributed by atoms with Crippen LogP contribution in [0.5, 0.6) is 0 Å². The van der Waals surface area contributed by atoms with Crippen LogP contribution in [0.1, 0.15) is 50.2 Å². The van der Waals surface area contributed by atoms with E-state index in [1.54, 1.807) is 11.9 Å². The summed E-state index contributed by atoms with van der Waals surface area (Å²) in [6.45, 7) is 10.8. The number of hydrogen-bond donors (Lipinski definition) is 0. The maximum atomic E-state index is 13.6. The second-order valence-electron chi connectivity index (χ2n) is 11.2. The van der Waals surface area contributed by atoms with E-state index < -0.39 is 23.3 Å². The van der Waals surface area contributed by atoms with Gasteiger partial charge in [0, 0.05) is 32.5 Å². The van der Waals surface area contributed by atoms with Gasteiger partial charge in [0.25, 0.3) is 0 Å². The molecule has 2 aliphatic heterocycles. The Morgan fingerprint density at radius 1 is 1.23 bits per heavy atom. The first-order valence-electron chi connectivity index (χ1n) is 11.1. The fourth-order valence-corrected chi connectivity index (χ4v) is 10.5. The minimum atomic E-state index is -3.36. The molecule has 30 heavy (non-hydrogen) atoms. The molecule has 166 valence electrons. The van der Waals surface area contributed by atoms with E-state index in [0.717, 1.165) is 35.7 Å². The van der Waals surface area contributed by atoms with E-state index >= 15 is 0 Å². The van der Waals surface area contributed by atoms with Gasteiger partial charge in [-0.1, -0.05) is 38.2 Å². The van der Waals surface area contributed by atoms with Crippen LogP contribution < -0.4 is 4.90 Å². The zero-order valence-electron chi connectivity index (χ0n) is 19.1. The Morgan fingerprint density at radius 2 is 1.90 bits per heavy atom. The summed E-state index contributed by atoms with van der Waals surface area (Å²) in [6, 6.07) is 6.80. The summed E-state index contributed by atoms with van der Waals surface area (Å²) in [5.41, 5.74) is 1.86. The van der Waals surface area contributed by atoms with Crippen LogP contribution in [0, 0.1) is 0 Å². The smallest absolute Gasteiger partial charge is 0.238 e. The Morgan fingerprint density at radius 3 is 2.50 bits per heavy atom. The predicted molar refractivity (Wildman–Crippen MR) is 124 cm³/mol. The third kappa shape index (κ3) is 3.67. The molecule has 0 radical (unpaired) electrons. The number of likely N-dealkylation sites (N-methyl/N-ethyl adjacent to an activating group) is 1. The molecule has 7 heteroatoms. The number of anilines is 1. The Bertz CT molecular complexity index is 981. The number of carbonyl (C=O) groups is 1. The van der Waals surface area contributed by atoms with Gasteiger partial charge in [-0.05, 0) is 49.9 Å². The number of amides is 1. The van der Waals surface area contributed by atoms with Crippen LogP contribution in [-0.2, 0) is 24.8 Å². The van der Waals surface area contributed by atoms with E-state index in [-0.39, 0.29) is 35.0 Å². The van der Waals surface area contributed by atoms with Gasteiger partial charge >= 0.3 is 0 Å². The molecule has 0 N–H and O–H groups in total. The molecule has 1 aromatic rings. The summed E-state index contributed by atoms with van der Waals surface area (Å²) >= 11 is 0. The molecule has 0 aromatic heterocycles. The third-order valence-corrected chi connectivity index (χ3v) is 11.1. The van der Waals surface area contributed by atoms with Gasteiger partial charge in [0.1, 0.15) is 0 Å². The first-order valence-corrected chi connectivity index (χ1v) is 16.6. The molecule has 4 rings (SSSR count). The van der Waals surface area contributed by atoms with E-state index in [4.69, 9.17) is 4.74 Å². The predicted octanol–water partition coefficient (Wildman–Crippen LogP) is 4.10. The summed E-state index contributed by atoms with van der Waals surface area (Å²) in [5, 5.41) is 0. The number of sulfone groups is 1. The molecule has 1 saturated heterocycles. The van der Waals surface area contributed by atoms with Gasteiger partial charge in [0.2, 0.25) is 5.91 Å². The van der Waals surface area contributed by atoms with Gasteiger partial charge < -0.3 is 9.64 Å². The van der Waals surface area contributed by atoms with E-state index in [1.165, 1.54) is 0 Å². The lowest BCUT2D eigenvalue weighted by atomic mass is 9.77. The quantitative estimate of drug-likeness (QED) is 0.484. The largest absolute Gasteiger partial charge is 0.366 e. The second kappa shape index (κ2) is 6.91. The Hall–Kier alpha value is -1.18. The number of rotatable bonds is 6. The van der Waals surface area contributed by atoms with Crippen molar-refractivity contribution in [2.45, 2.75) is 81.8 Å². The van der Waals surface area contributed by atoms with E-state index in [9.17, 15) is 13.2 Å². The fraction of sp³-hybridized carbons (Fsp3) is 0.696. The first-order chi connectivity index (χ1) is 13.8. The Balaban J connectivity index is 1.78. The molecule has 0 spiro atoms. The van der Waals surface area contributed by atoms with Crippen molar-refractivity contribution in [2.24, 2.45) is 0 Å². The van der Waals surface area contributed by atoms with E-state index in [0.29, 0.717) is 6.42 Å². The van der Waals surface area contributed by atoms with Crippen molar-refractivity contribution in [1.29, 1.82) is 0 Å². The molecule has 1 aromatic carbocycles. The Kier molecular flexibility index (Phi) is 5.07. The van der Waals surface area contributed by atoms with Crippen molar-refractivity contribution in [2.75, 3.05) is 23.5 Å². The summed E-state index contributed by atoms with van der Waals surface area (Å²) in [4.78, 5) is 15.3. The number of carbonyl (C=O) groups excluding carboxylic acids is 1. The average Bonchev–Trinajstić information content (AvgIpc) is 3.26. The topological polar surface area (TPSA) is 67.0 Å². The maximum absolute atomic E-state index is 13.6. The summed E-state index contributed by atoms with van der Waals surface area (Å²) in [5.74, 6) is 0.263. The van der Waals surface area contributed by atoms with Crippen molar-refractivity contribution < 1.29 is 17.9 Å². The maximum Gasteiger partial charge on any atom is 0.238 e. The minimum absolute atomic E-state index is 0.0573. The van der Waals surface area contributed by atoms with Crippen LogP contribution in [0.4, 0.5) is 5.69 Å². The highest BCUT2D eigenvalue weighted by Gasteiger charge is 2.58. The first kappa shape index (κ1) is 22.0. The standard InChI is InChI=1S/C23H35NO4SSi/c1-22(2)20(28-22)17-10-8-12-23(15-29(26,27)13-14-30(4,5)6)19-16(17)9-7-11-18(19)24(3)21(23)25/h7,9,11,17,20H,8,10,12-15H2,1-6H3/t17-,20-,23-/m0/s1. The van der Waals surface area contributed by atoms with Crippen LogP contribution in [0.15, 0.2) is 18.2 Å². The monoisotopic (exact) mass is 449 g/mol. The van der Waals surface area contributed by atoms with Crippen LogP contribution in [0.2, 0.25) is 25.7 Å². The molecule has 1 aliphatic carbocycles. The van der Waals surface area contributed by atoms with Gasteiger partial charge in [-0.25, -0.2) is 8.42 Å². The number of ether oxygens (including phenoxy) is 1. The highest BCUT2D eigenvalue weighted by atomic mass is 32.2. The normalized spacial score (nSPS) is 30.2. The molecule has 1 amide bonds. The zero-order valence-corrected chi connectivity index (χ0v) is 20.9. The molecular weight excluding hydrogens is 414 g/mol. The summed E-state index contributed by atoms with van der Waals surface area (Å²) < 4.78 is 32.5. The van der Waals surface area contributed by atoms with Crippen LogP contribution in [0.25, 0.3) is 0 Å². The lowest BCUT2D eigenvalue weighted by Crippen LogP contribution is -2.45. The van der Waals surface area contributed by atoms with Crippen molar-refractivity contribution in [3.05, 3.63) is 29.3 Å². The molecule has 5 nitrogen and oxygen atoms in total. The third-order valence-electron chi connectivity index (χ3n) is 7.20. The van der Waals surface area contributed by atoms with Crippen molar-refractivity contribution in [3.63, 3.8) is 0 Å². The highest BCUT2D eigenvalue weighted by Crippen LogP contribution is 2.56. The molecule has 2 heterocycles. The van der Waals surface area contributed by atoms with E-state index in [1.807, 2.05) is 12.1 Å². The van der Waals surface area contributed by atoms with Crippen LogP contribution in [-0.4, -0.2) is 52.7 Å². The fourth-order valence-electron chi connectivity index (χ4n) is 5.51. The minimum Gasteiger partial charge on any atom is -0.366 e. The average molecular weight is 450 g/mol. The number of epoxide rings is 1. The van der Waals surface area contributed by atoms with E-state index in [2.05, 4.69) is 39.6 Å². The van der Waals surface area contributed by atoms with Crippen LogP contribution >= 0.6 is 0 Å². The molecule has 1 fully saturated rings. The van der Waals surface area contributed by atoms with Crippen molar-refractivity contribution >= 4 is 29.5 Å². The molecule has 0 bridgehead atoms. The van der Waals surface area contributed by atoms with Gasteiger partial charge in [-0.15, -0.1) is 0 Å². The van der Waals surface area contributed by atoms with Gasteiger partial charge in [-0.2, -0.15) is 0 Å². The number of hydrogen-bond acceptors (Lipinski definition) is 4. The SMILES string of the molecule is CN1C(=O)[C@]2(CS(=O)(=O)CC[Si](C)(C)C)CCC[C@H]([C@@H]3OC3(C)C)c3cccc1c32. The molecule has 0 saturated carbocycles. The van der Waals surface area contributed by atoms with Crippen molar-refractivity contribution in [3.8, 4) is 0 Å².